The molecule has 0 aliphatic rings. The molecular formula is C25H22FN7O5S. The van der Waals surface area contributed by atoms with Gasteiger partial charge in [-0.15, -0.1) is 0 Å². The lowest BCUT2D eigenvalue weighted by molar-refractivity contribution is 0.0697. The number of aromatic nitrogens is 3. The Balaban J connectivity index is 1.63. The summed E-state index contributed by atoms with van der Waals surface area (Å²) in [5.41, 5.74) is 0.732. The number of carbonyl (C=O) groups excluding carboxylic acids is 1. The number of aromatic carboxylic acids is 1. The summed E-state index contributed by atoms with van der Waals surface area (Å²) in [4.78, 5) is 36.3. The van der Waals surface area contributed by atoms with Crippen LogP contribution in [-0.2, 0) is 10.0 Å². The first-order valence-electron chi connectivity index (χ1n) is 11.2. The van der Waals surface area contributed by atoms with Crippen molar-refractivity contribution in [1.82, 2.24) is 15.0 Å². The number of amides is 1. The van der Waals surface area contributed by atoms with E-state index in [1.54, 1.807) is 18.2 Å². The predicted octanol–water partition coefficient (Wildman–Crippen LogP) is 3.84. The van der Waals surface area contributed by atoms with Crippen LogP contribution in [0.2, 0.25) is 0 Å². The van der Waals surface area contributed by atoms with Crippen molar-refractivity contribution in [2.24, 2.45) is 0 Å². The smallest absolute Gasteiger partial charge is 0.341 e. The van der Waals surface area contributed by atoms with Gasteiger partial charge < -0.3 is 21.1 Å². The summed E-state index contributed by atoms with van der Waals surface area (Å²) in [7, 11) is -2.27. The molecule has 0 aliphatic carbocycles. The molecule has 2 heterocycles. The molecule has 0 saturated carbocycles. The van der Waals surface area contributed by atoms with Crippen molar-refractivity contribution in [1.29, 1.82) is 0 Å². The molecule has 14 heteroatoms. The molecule has 12 nitrogen and oxygen atoms in total. The molecule has 4 aromatic rings. The van der Waals surface area contributed by atoms with E-state index in [4.69, 9.17) is 0 Å². The van der Waals surface area contributed by atoms with E-state index in [1.807, 2.05) is 0 Å². The van der Waals surface area contributed by atoms with E-state index in [-0.39, 0.29) is 40.1 Å². The molecule has 2 aromatic heterocycles. The highest BCUT2D eigenvalue weighted by Crippen LogP contribution is 2.31. The summed E-state index contributed by atoms with van der Waals surface area (Å²) < 4.78 is 39.8. The average Bonchev–Trinajstić information content (AvgIpc) is 2.90. The lowest BCUT2D eigenvalue weighted by Crippen LogP contribution is -2.25. The summed E-state index contributed by atoms with van der Waals surface area (Å²) in [5, 5.41) is 17.8. The summed E-state index contributed by atoms with van der Waals surface area (Å²) in [6.07, 6.45) is 4.99. The number of rotatable bonds is 9. The lowest BCUT2D eigenvalue weighted by Gasteiger charge is -2.21. The summed E-state index contributed by atoms with van der Waals surface area (Å²) in [5.74, 6) is -2.78. The number of pyridine rings is 1. The molecule has 0 fully saturated rings. The largest absolute Gasteiger partial charge is 0.477 e. The van der Waals surface area contributed by atoms with Gasteiger partial charge in [0.25, 0.3) is 5.91 Å². The molecule has 0 spiro atoms. The number of carboxylic acid groups (broad SMARTS) is 1. The minimum atomic E-state index is -3.62. The highest BCUT2D eigenvalue weighted by molar-refractivity contribution is 7.92. The number of halogens is 1. The number of nitrogens with zero attached hydrogens (tertiary/aromatic N) is 4. The topological polar surface area (TPSA) is 167 Å². The Morgan fingerprint density at radius 3 is 2.41 bits per heavy atom. The molecule has 1 amide bonds. The molecular weight excluding hydrogens is 529 g/mol. The van der Waals surface area contributed by atoms with Crippen molar-refractivity contribution in [2.45, 2.75) is 0 Å². The lowest BCUT2D eigenvalue weighted by atomic mass is 10.2. The van der Waals surface area contributed by atoms with Gasteiger partial charge in [0.05, 0.1) is 23.3 Å². The van der Waals surface area contributed by atoms with E-state index in [9.17, 15) is 27.5 Å². The van der Waals surface area contributed by atoms with Crippen molar-refractivity contribution < 1.29 is 27.5 Å². The van der Waals surface area contributed by atoms with Crippen LogP contribution in [0.15, 0.2) is 73.2 Å². The van der Waals surface area contributed by atoms with Crippen molar-refractivity contribution >= 4 is 56.4 Å². The number of sulfonamides is 1. The van der Waals surface area contributed by atoms with Crippen LogP contribution in [0, 0.1) is 5.82 Å². The predicted molar refractivity (Wildman–Crippen MR) is 144 cm³/mol. The third kappa shape index (κ3) is 6.42. The molecule has 0 aliphatic heterocycles. The second-order valence-electron chi connectivity index (χ2n) is 8.14. The Morgan fingerprint density at radius 1 is 1.00 bits per heavy atom. The van der Waals surface area contributed by atoms with Gasteiger partial charge in [-0.1, -0.05) is 12.1 Å². The number of nitrogens with one attached hydrogen (secondary N) is 3. The van der Waals surface area contributed by atoms with E-state index in [2.05, 4.69) is 30.9 Å². The van der Waals surface area contributed by atoms with Crippen LogP contribution in [0.5, 0.6) is 0 Å². The standard InChI is InChI=1S/C25H22FN7O5S/c1-33(39(2,37)38)21-6-4-3-5-19(21)30-22-17(24(35)36)14-28-25(32-22)31-20-13-16(7-8-18(20)26)29-23(34)15-9-11-27-12-10-15/h3-14H,1-2H3,(H,29,34)(H,35,36)(H2,28,30,31,32). The molecule has 4 N–H and O–H groups in total. The van der Waals surface area contributed by atoms with Crippen LogP contribution >= 0.6 is 0 Å². The van der Waals surface area contributed by atoms with Gasteiger partial charge in [0.2, 0.25) is 16.0 Å². The third-order valence-corrected chi connectivity index (χ3v) is 6.62. The Hall–Kier alpha value is -5.11. The highest BCUT2D eigenvalue weighted by atomic mass is 32.2. The fourth-order valence-corrected chi connectivity index (χ4v) is 3.90. The number of anilines is 6. The fourth-order valence-electron chi connectivity index (χ4n) is 3.38. The van der Waals surface area contributed by atoms with Gasteiger partial charge >= 0.3 is 5.97 Å². The highest BCUT2D eigenvalue weighted by Gasteiger charge is 2.20. The van der Waals surface area contributed by atoms with E-state index >= 15 is 0 Å². The first kappa shape index (κ1) is 26.9. The van der Waals surface area contributed by atoms with Crippen LogP contribution < -0.4 is 20.3 Å². The van der Waals surface area contributed by atoms with Crippen LogP contribution in [-0.4, -0.2) is 53.7 Å². The molecule has 39 heavy (non-hydrogen) atoms. The molecule has 2 aromatic carbocycles. The van der Waals surface area contributed by atoms with E-state index in [0.29, 0.717) is 5.56 Å². The second-order valence-corrected chi connectivity index (χ2v) is 10.2. The van der Waals surface area contributed by atoms with Gasteiger partial charge in [0.15, 0.2) is 5.82 Å². The van der Waals surface area contributed by atoms with E-state index in [0.717, 1.165) is 22.8 Å². The SMILES string of the molecule is CN(c1ccccc1Nc1nc(Nc2cc(NC(=O)c3ccncc3)ccc2F)ncc1C(=O)O)S(C)(=O)=O. The average molecular weight is 552 g/mol. The normalized spacial score (nSPS) is 10.9. The molecule has 0 atom stereocenters. The van der Waals surface area contributed by atoms with E-state index in [1.165, 1.54) is 49.8 Å². The maximum atomic E-state index is 14.6. The fraction of sp³-hybridized carbons (Fsp3) is 0.0800. The molecule has 4 rings (SSSR count). The quantitative estimate of drug-likeness (QED) is 0.240. The first-order valence-corrected chi connectivity index (χ1v) is 13.1. The first-order chi connectivity index (χ1) is 18.5. The Labute approximate surface area is 222 Å². The van der Waals surface area contributed by atoms with Crippen molar-refractivity contribution in [3.63, 3.8) is 0 Å². The van der Waals surface area contributed by atoms with Gasteiger partial charge in [0, 0.05) is 36.9 Å². The van der Waals surface area contributed by atoms with Crippen molar-refractivity contribution in [3.05, 3.63) is 90.1 Å². The second kappa shape index (κ2) is 11.1. The number of carboxylic acids is 1. The van der Waals surface area contributed by atoms with Gasteiger partial charge in [-0.05, 0) is 42.5 Å². The Morgan fingerprint density at radius 2 is 1.72 bits per heavy atom. The maximum absolute atomic E-state index is 14.6. The van der Waals surface area contributed by atoms with Gasteiger partial charge in [-0.2, -0.15) is 4.98 Å². The summed E-state index contributed by atoms with van der Waals surface area (Å²) in [6, 6.07) is 13.2. The van der Waals surface area contributed by atoms with Gasteiger partial charge in [-0.25, -0.2) is 22.6 Å². The number of hydrogen-bond donors (Lipinski definition) is 4. The van der Waals surface area contributed by atoms with Crippen LogP contribution in [0.4, 0.5) is 38.9 Å². The van der Waals surface area contributed by atoms with Crippen LogP contribution in [0.3, 0.4) is 0 Å². The van der Waals surface area contributed by atoms with Crippen molar-refractivity contribution in [2.75, 3.05) is 33.6 Å². The zero-order valence-corrected chi connectivity index (χ0v) is 21.4. The monoisotopic (exact) mass is 551 g/mol. The third-order valence-electron chi connectivity index (χ3n) is 5.43. The van der Waals surface area contributed by atoms with Crippen LogP contribution in [0.25, 0.3) is 0 Å². The van der Waals surface area contributed by atoms with Crippen molar-refractivity contribution in [3.8, 4) is 0 Å². The zero-order chi connectivity index (χ0) is 28.2. The Kier molecular flexibility index (Phi) is 7.67. The molecule has 200 valence electrons. The number of hydrogen-bond acceptors (Lipinski definition) is 9. The maximum Gasteiger partial charge on any atom is 0.341 e. The molecule has 0 unspecified atom stereocenters. The number of para-hydroxylation sites is 2. The molecule has 0 bridgehead atoms. The Bertz CT molecular complexity index is 1650. The summed E-state index contributed by atoms with van der Waals surface area (Å²) in [6.45, 7) is 0. The van der Waals surface area contributed by atoms with Gasteiger partial charge in [-0.3, -0.25) is 14.1 Å². The number of carbonyl (C=O) groups is 2. The minimum Gasteiger partial charge on any atom is -0.477 e. The van der Waals surface area contributed by atoms with Gasteiger partial charge in [0.1, 0.15) is 11.4 Å². The zero-order valence-electron chi connectivity index (χ0n) is 20.6. The van der Waals surface area contributed by atoms with E-state index < -0.39 is 27.7 Å². The minimum absolute atomic E-state index is 0.0891. The summed E-state index contributed by atoms with van der Waals surface area (Å²) >= 11 is 0. The molecule has 0 radical (unpaired) electrons. The van der Waals surface area contributed by atoms with Crippen LogP contribution in [0.1, 0.15) is 20.7 Å². The molecule has 0 saturated heterocycles. The number of benzene rings is 2.